The van der Waals surface area contributed by atoms with Crippen molar-refractivity contribution in [2.45, 2.75) is 66.8 Å². The lowest BCUT2D eigenvalue weighted by Gasteiger charge is -2.19. The predicted octanol–water partition coefficient (Wildman–Crippen LogP) is 5.09. The van der Waals surface area contributed by atoms with Gasteiger partial charge in [0.1, 0.15) is 5.82 Å². The molecule has 6 nitrogen and oxygen atoms in total. The number of nitrogens with one attached hydrogen (secondary N) is 2. The average molecular weight is 386 g/mol. The molecule has 28 heavy (non-hydrogen) atoms. The maximum absolute atomic E-state index is 5.55. The summed E-state index contributed by atoms with van der Waals surface area (Å²) < 4.78 is 5.55. The molecular formula is C22H35N5O. The van der Waals surface area contributed by atoms with Crippen LogP contribution >= 0.6 is 0 Å². The molecule has 2 N–H and O–H groups in total. The third kappa shape index (κ3) is 5.33. The standard InChI is InChI=1S/C22H35N5O/c1-8-16-11-19(23-12-14(4)5)24-13-18(16)20-15(6)25-21(22(27-20)28-7)26-17(9-2)10-3/h11,13-14,17H,8-10,12H2,1-7H3,(H,23,24)(H,25,26). The van der Waals surface area contributed by atoms with Crippen molar-refractivity contribution in [3.63, 3.8) is 0 Å². The van der Waals surface area contributed by atoms with Gasteiger partial charge < -0.3 is 15.4 Å². The zero-order valence-corrected chi connectivity index (χ0v) is 18.4. The number of pyridine rings is 1. The van der Waals surface area contributed by atoms with Crippen LogP contribution in [0, 0.1) is 12.8 Å². The van der Waals surface area contributed by atoms with Crippen LogP contribution < -0.4 is 15.4 Å². The van der Waals surface area contributed by atoms with Crippen LogP contribution in [0.3, 0.4) is 0 Å². The molecule has 0 radical (unpaired) electrons. The number of hydrogen-bond donors (Lipinski definition) is 2. The number of nitrogens with zero attached hydrogens (tertiary/aromatic N) is 3. The largest absolute Gasteiger partial charge is 0.478 e. The first-order valence-corrected chi connectivity index (χ1v) is 10.4. The molecule has 154 valence electrons. The van der Waals surface area contributed by atoms with Gasteiger partial charge in [-0.1, -0.05) is 34.6 Å². The van der Waals surface area contributed by atoms with E-state index < -0.39 is 0 Å². The van der Waals surface area contributed by atoms with Crippen molar-refractivity contribution in [1.29, 1.82) is 0 Å². The van der Waals surface area contributed by atoms with Crippen molar-refractivity contribution < 1.29 is 4.74 Å². The first kappa shape index (κ1) is 21.9. The molecule has 0 bridgehead atoms. The second-order valence-corrected chi connectivity index (χ2v) is 7.53. The van der Waals surface area contributed by atoms with Crippen LogP contribution in [0.25, 0.3) is 11.3 Å². The minimum atomic E-state index is 0.354. The van der Waals surface area contributed by atoms with E-state index in [1.54, 1.807) is 7.11 Å². The van der Waals surface area contributed by atoms with Gasteiger partial charge in [-0.25, -0.2) is 15.0 Å². The predicted molar refractivity (Wildman–Crippen MR) is 117 cm³/mol. The van der Waals surface area contributed by atoms with E-state index in [2.05, 4.69) is 56.3 Å². The fourth-order valence-corrected chi connectivity index (χ4v) is 3.09. The Balaban J connectivity index is 2.41. The SMILES string of the molecule is CCc1cc(NCC(C)C)ncc1-c1nc(OC)c(NC(CC)CC)nc1C. The highest BCUT2D eigenvalue weighted by Gasteiger charge is 2.18. The molecule has 2 rings (SSSR count). The van der Waals surface area contributed by atoms with Crippen molar-refractivity contribution in [3.05, 3.63) is 23.5 Å². The first-order valence-electron chi connectivity index (χ1n) is 10.4. The minimum Gasteiger partial charge on any atom is -0.478 e. The summed E-state index contributed by atoms with van der Waals surface area (Å²) in [5, 5.41) is 6.85. The molecule has 0 aromatic carbocycles. The smallest absolute Gasteiger partial charge is 0.257 e. The molecule has 2 aromatic heterocycles. The van der Waals surface area contributed by atoms with E-state index in [0.29, 0.717) is 23.7 Å². The maximum Gasteiger partial charge on any atom is 0.257 e. The van der Waals surface area contributed by atoms with Crippen molar-refractivity contribution in [3.8, 4) is 17.1 Å². The fraction of sp³-hybridized carbons (Fsp3) is 0.591. The molecule has 0 aliphatic carbocycles. The van der Waals surface area contributed by atoms with Crippen LogP contribution in [0.15, 0.2) is 12.3 Å². The summed E-state index contributed by atoms with van der Waals surface area (Å²) in [7, 11) is 1.64. The Labute approximate surface area is 169 Å². The van der Waals surface area contributed by atoms with E-state index in [1.165, 1.54) is 5.56 Å². The number of rotatable bonds is 10. The third-order valence-corrected chi connectivity index (χ3v) is 4.88. The van der Waals surface area contributed by atoms with Gasteiger partial charge in [-0.05, 0) is 43.7 Å². The molecule has 0 saturated carbocycles. The average Bonchev–Trinajstić information content (AvgIpc) is 2.70. The van der Waals surface area contributed by atoms with Crippen LogP contribution in [0.4, 0.5) is 11.6 Å². The van der Waals surface area contributed by atoms with Gasteiger partial charge in [0.2, 0.25) is 0 Å². The highest BCUT2D eigenvalue weighted by Crippen LogP contribution is 2.31. The molecule has 0 fully saturated rings. The van der Waals surface area contributed by atoms with Crippen LogP contribution in [-0.4, -0.2) is 34.6 Å². The van der Waals surface area contributed by atoms with Gasteiger partial charge in [-0.15, -0.1) is 0 Å². The zero-order valence-electron chi connectivity index (χ0n) is 18.4. The summed E-state index contributed by atoms with van der Waals surface area (Å²) in [6, 6.07) is 2.47. The molecule has 2 heterocycles. The van der Waals surface area contributed by atoms with Gasteiger partial charge in [0.05, 0.1) is 18.5 Å². The van der Waals surface area contributed by atoms with Crippen molar-refractivity contribution in [2.75, 3.05) is 24.3 Å². The van der Waals surface area contributed by atoms with Crippen molar-refractivity contribution >= 4 is 11.6 Å². The van der Waals surface area contributed by atoms with E-state index in [-0.39, 0.29) is 0 Å². The van der Waals surface area contributed by atoms with Gasteiger partial charge in [-0.3, -0.25) is 0 Å². The molecule has 0 aliphatic heterocycles. The lowest BCUT2D eigenvalue weighted by Crippen LogP contribution is -2.19. The number of hydrogen-bond acceptors (Lipinski definition) is 6. The quantitative estimate of drug-likeness (QED) is 0.594. The zero-order chi connectivity index (χ0) is 20.7. The Morgan fingerprint density at radius 2 is 1.82 bits per heavy atom. The summed E-state index contributed by atoms with van der Waals surface area (Å²) in [4.78, 5) is 14.2. The number of methoxy groups -OCH3 is 1. The highest BCUT2D eigenvalue weighted by molar-refractivity contribution is 5.69. The molecule has 2 aromatic rings. The van der Waals surface area contributed by atoms with Crippen LogP contribution in [0.2, 0.25) is 0 Å². The molecule has 0 aliphatic rings. The van der Waals surface area contributed by atoms with Crippen molar-refractivity contribution in [1.82, 2.24) is 15.0 Å². The molecule has 0 saturated heterocycles. The second-order valence-electron chi connectivity index (χ2n) is 7.53. The highest BCUT2D eigenvalue weighted by atomic mass is 16.5. The topological polar surface area (TPSA) is 72.0 Å². The maximum atomic E-state index is 5.55. The molecule has 0 unspecified atom stereocenters. The molecule has 0 atom stereocenters. The number of ether oxygens (including phenoxy) is 1. The first-order chi connectivity index (χ1) is 13.4. The monoisotopic (exact) mass is 385 g/mol. The molecule has 0 amide bonds. The number of aromatic nitrogens is 3. The summed E-state index contributed by atoms with van der Waals surface area (Å²) in [6.07, 6.45) is 4.84. The number of aryl methyl sites for hydroxylation is 2. The Hall–Kier alpha value is -2.37. The Kier molecular flexibility index (Phi) is 8.03. The fourth-order valence-electron chi connectivity index (χ4n) is 3.09. The van der Waals surface area contributed by atoms with E-state index in [4.69, 9.17) is 14.7 Å². The molecular weight excluding hydrogens is 350 g/mol. The van der Waals surface area contributed by atoms with Gasteiger partial charge >= 0.3 is 0 Å². The summed E-state index contributed by atoms with van der Waals surface area (Å²) in [6.45, 7) is 13.7. The van der Waals surface area contributed by atoms with E-state index in [0.717, 1.165) is 48.6 Å². The lowest BCUT2D eigenvalue weighted by atomic mass is 10.0. The van der Waals surface area contributed by atoms with E-state index >= 15 is 0 Å². The van der Waals surface area contributed by atoms with Gasteiger partial charge in [-0.2, -0.15) is 0 Å². The van der Waals surface area contributed by atoms with Crippen molar-refractivity contribution in [2.24, 2.45) is 5.92 Å². The van der Waals surface area contributed by atoms with Gasteiger partial charge in [0.15, 0.2) is 5.82 Å². The normalized spacial score (nSPS) is 11.2. The van der Waals surface area contributed by atoms with E-state index in [1.807, 2.05) is 13.1 Å². The summed E-state index contributed by atoms with van der Waals surface area (Å²) in [5.41, 5.74) is 3.90. The van der Waals surface area contributed by atoms with Crippen LogP contribution in [0.1, 0.15) is 58.7 Å². The van der Waals surface area contributed by atoms with E-state index in [9.17, 15) is 0 Å². The summed E-state index contributed by atoms with van der Waals surface area (Å²) >= 11 is 0. The number of anilines is 2. The minimum absolute atomic E-state index is 0.354. The van der Waals surface area contributed by atoms with Crippen LogP contribution in [0.5, 0.6) is 5.88 Å². The second kappa shape index (κ2) is 10.2. The van der Waals surface area contributed by atoms with Gasteiger partial charge in [0, 0.05) is 24.3 Å². The van der Waals surface area contributed by atoms with Crippen LogP contribution in [-0.2, 0) is 6.42 Å². The lowest BCUT2D eigenvalue weighted by molar-refractivity contribution is 0.397. The Morgan fingerprint density at radius 3 is 2.39 bits per heavy atom. The third-order valence-electron chi connectivity index (χ3n) is 4.88. The summed E-state index contributed by atoms with van der Waals surface area (Å²) in [5.74, 6) is 2.70. The van der Waals surface area contributed by atoms with Gasteiger partial charge in [0.25, 0.3) is 5.88 Å². The Morgan fingerprint density at radius 1 is 1.11 bits per heavy atom. The molecule has 6 heteroatoms. The molecule has 0 spiro atoms. The Bertz CT molecular complexity index is 772.